The normalized spacial score (nSPS) is 22.9. The quantitative estimate of drug-likeness (QED) is 0.159. The zero-order valence-electron chi connectivity index (χ0n) is 27.4. The average molecular weight is 639 g/mol. The lowest BCUT2D eigenvalue weighted by molar-refractivity contribution is -0.0566. The number of aliphatic hydroxyl groups excluding tert-OH is 1. The predicted molar refractivity (Wildman–Crippen MR) is 162 cm³/mol. The third-order valence-corrected chi connectivity index (χ3v) is 11.7. The molecule has 2 aromatic heterocycles. The van der Waals surface area contributed by atoms with Crippen LogP contribution < -0.4 is 4.90 Å². The van der Waals surface area contributed by atoms with Crippen LogP contribution in [0.15, 0.2) is 11.4 Å². The summed E-state index contributed by atoms with van der Waals surface area (Å²) in [4.78, 5) is 42.5. The van der Waals surface area contributed by atoms with Gasteiger partial charge in [-0.2, -0.15) is 4.98 Å². The van der Waals surface area contributed by atoms with Crippen LogP contribution in [0.4, 0.5) is 25.7 Å². The first kappa shape index (κ1) is 35.1. The van der Waals surface area contributed by atoms with Gasteiger partial charge in [-0.25, -0.2) is 23.9 Å². The molecule has 1 saturated heterocycles. The molecule has 15 nitrogen and oxygen atoms in total. The largest absolute Gasteiger partial charge is 0.443 e. The number of imide groups is 1. The van der Waals surface area contributed by atoms with Gasteiger partial charge in [0.2, 0.25) is 5.95 Å². The number of hydrogen-bond donors (Lipinski definition) is 1. The summed E-state index contributed by atoms with van der Waals surface area (Å²) in [5.74, 6) is -0.925. The monoisotopic (exact) mass is 638 g/mol. The first-order valence-corrected chi connectivity index (χ1v) is 17.0. The Bertz CT molecular complexity index is 1430. The summed E-state index contributed by atoms with van der Waals surface area (Å²) in [7, 11) is -2.54. The number of alkyl halides is 1. The molecule has 4 atom stereocenters. The van der Waals surface area contributed by atoms with Crippen molar-refractivity contribution in [3.63, 3.8) is 0 Å². The van der Waals surface area contributed by atoms with Gasteiger partial charge in [0.05, 0.1) is 12.9 Å². The van der Waals surface area contributed by atoms with E-state index in [0.29, 0.717) is 4.90 Å². The number of anilines is 1. The van der Waals surface area contributed by atoms with Crippen LogP contribution in [0.25, 0.3) is 21.6 Å². The first-order chi connectivity index (χ1) is 19.9. The third kappa shape index (κ3) is 7.29. The SMILES string of the molecule is CC(C)(C)OC(=O)N(C(=O)OC(C)(C)C)c1nc(N=[N+]=[N-])c2ncn([C@@H]3O[C@H](CO)[C@@H](O[Si](C)(C)C(C)(C)C)[C@@]3(C)F)c2n1. The number of azide groups is 1. The van der Waals surface area contributed by atoms with Gasteiger partial charge in [0.25, 0.3) is 0 Å². The van der Waals surface area contributed by atoms with Gasteiger partial charge in [-0.3, -0.25) is 4.57 Å². The van der Waals surface area contributed by atoms with Crippen LogP contribution >= 0.6 is 0 Å². The van der Waals surface area contributed by atoms with E-state index in [1.807, 2.05) is 33.9 Å². The van der Waals surface area contributed by atoms with Gasteiger partial charge in [0.15, 0.2) is 31.7 Å². The van der Waals surface area contributed by atoms with E-state index < -0.39 is 68.4 Å². The summed E-state index contributed by atoms with van der Waals surface area (Å²) in [5, 5.41) is 13.5. The fourth-order valence-corrected chi connectivity index (χ4v) is 5.53. The minimum absolute atomic E-state index is 0.0615. The number of amides is 2. The number of carbonyl (C=O) groups is 2. The van der Waals surface area contributed by atoms with Crippen LogP contribution in [0, 0.1) is 0 Å². The number of halogens is 1. The number of imidazole rings is 1. The van der Waals surface area contributed by atoms with Crippen molar-refractivity contribution in [3.05, 3.63) is 16.8 Å². The van der Waals surface area contributed by atoms with Gasteiger partial charge in [-0.1, -0.05) is 20.8 Å². The maximum atomic E-state index is 16.9. The highest BCUT2D eigenvalue weighted by atomic mass is 28.4. The molecule has 0 spiro atoms. The summed E-state index contributed by atoms with van der Waals surface area (Å²) >= 11 is 0. The molecular weight excluding hydrogens is 595 g/mol. The molecule has 3 heterocycles. The molecule has 2 amide bonds. The van der Waals surface area contributed by atoms with Crippen LogP contribution in [0.5, 0.6) is 0 Å². The Morgan fingerprint density at radius 1 is 1.14 bits per heavy atom. The maximum Gasteiger partial charge on any atom is 0.427 e. The molecule has 1 aliphatic rings. The van der Waals surface area contributed by atoms with Gasteiger partial charge in [0, 0.05) is 4.91 Å². The van der Waals surface area contributed by atoms with Crippen LogP contribution in [0.1, 0.15) is 75.5 Å². The number of rotatable bonds is 6. The second kappa shape index (κ2) is 11.9. The van der Waals surface area contributed by atoms with Crippen LogP contribution in [-0.2, 0) is 18.6 Å². The molecule has 17 heteroatoms. The second-order valence-electron chi connectivity index (χ2n) is 14.3. The molecule has 2 aromatic rings. The van der Waals surface area contributed by atoms with Gasteiger partial charge < -0.3 is 23.7 Å². The molecule has 0 bridgehead atoms. The van der Waals surface area contributed by atoms with Crippen molar-refractivity contribution in [2.24, 2.45) is 5.11 Å². The van der Waals surface area contributed by atoms with Crippen LogP contribution in [-0.4, -0.2) is 80.8 Å². The van der Waals surface area contributed by atoms with Crippen LogP contribution in [0.3, 0.4) is 0 Å². The Kier molecular flexibility index (Phi) is 9.46. The van der Waals surface area contributed by atoms with Gasteiger partial charge in [-0.15, -0.1) is 4.90 Å². The van der Waals surface area contributed by atoms with E-state index in [0.717, 1.165) is 0 Å². The van der Waals surface area contributed by atoms with Crippen molar-refractivity contribution in [2.75, 3.05) is 11.5 Å². The molecule has 1 fully saturated rings. The van der Waals surface area contributed by atoms with E-state index in [1.54, 1.807) is 41.5 Å². The smallest absolute Gasteiger partial charge is 0.427 e. The topological polar surface area (TPSA) is 187 Å². The molecule has 0 unspecified atom stereocenters. The Balaban J connectivity index is 2.22. The van der Waals surface area contributed by atoms with E-state index in [9.17, 15) is 20.2 Å². The van der Waals surface area contributed by atoms with E-state index in [4.69, 9.17) is 18.6 Å². The zero-order chi connectivity index (χ0) is 33.6. The van der Waals surface area contributed by atoms with Crippen LogP contribution in [0.2, 0.25) is 18.1 Å². The highest BCUT2D eigenvalue weighted by Gasteiger charge is 2.59. The number of hydrogen-bond acceptors (Lipinski definition) is 11. The Hall–Kier alpha value is -3.37. The fraction of sp³-hybridized carbons (Fsp3) is 0.741. The van der Waals surface area contributed by atoms with Gasteiger partial charge in [0.1, 0.15) is 28.9 Å². The van der Waals surface area contributed by atoms with E-state index in [2.05, 4.69) is 25.0 Å². The van der Waals surface area contributed by atoms with E-state index >= 15 is 4.39 Å². The van der Waals surface area contributed by atoms with Crippen molar-refractivity contribution in [2.45, 2.75) is 123 Å². The first-order valence-electron chi connectivity index (χ1n) is 14.1. The lowest BCUT2D eigenvalue weighted by Gasteiger charge is -2.41. The minimum atomic E-state index is -2.54. The molecule has 0 saturated carbocycles. The lowest BCUT2D eigenvalue weighted by Crippen LogP contribution is -2.52. The summed E-state index contributed by atoms with van der Waals surface area (Å²) in [6, 6.07) is 0. The molecule has 0 aliphatic carbocycles. The Labute approximate surface area is 256 Å². The number of fused-ring (bicyclic) bond motifs is 1. The predicted octanol–water partition coefficient (Wildman–Crippen LogP) is 6.45. The molecule has 1 N–H and O–H groups in total. The third-order valence-electron chi connectivity index (χ3n) is 7.22. The molecule has 1 aliphatic heterocycles. The van der Waals surface area contributed by atoms with Gasteiger partial charge in [-0.05, 0) is 77.2 Å². The Morgan fingerprint density at radius 2 is 1.68 bits per heavy atom. The Morgan fingerprint density at radius 3 is 2.14 bits per heavy atom. The van der Waals surface area contributed by atoms with Crippen molar-refractivity contribution >= 4 is 43.4 Å². The van der Waals surface area contributed by atoms with Crippen molar-refractivity contribution < 1.29 is 37.7 Å². The molecular formula is C27H43FN8O7Si. The maximum absolute atomic E-state index is 16.9. The van der Waals surface area contributed by atoms with Gasteiger partial charge >= 0.3 is 12.2 Å². The summed E-state index contributed by atoms with van der Waals surface area (Å²) in [6.45, 7) is 20.3. The molecule has 44 heavy (non-hydrogen) atoms. The zero-order valence-corrected chi connectivity index (χ0v) is 28.4. The molecule has 3 rings (SSSR count). The summed E-state index contributed by atoms with van der Waals surface area (Å²) in [5.41, 5.74) is 4.78. The number of nitrogens with zero attached hydrogens (tertiary/aromatic N) is 8. The summed E-state index contributed by atoms with van der Waals surface area (Å²) < 4.78 is 41.3. The number of carbonyl (C=O) groups excluding carboxylic acids is 2. The molecule has 0 aromatic carbocycles. The second-order valence-corrected chi connectivity index (χ2v) is 19.1. The average Bonchev–Trinajstić information content (AvgIpc) is 3.34. The number of ether oxygens (including phenoxy) is 3. The number of aromatic nitrogens is 4. The number of aliphatic hydroxyl groups is 1. The highest BCUT2D eigenvalue weighted by Crippen LogP contribution is 2.48. The van der Waals surface area contributed by atoms with Crippen molar-refractivity contribution in [3.8, 4) is 0 Å². The summed E-state index contributed by atoms with van der Waals surface area (Å²) in [6.07, 6.45) is -4.76. The van der Waals surface area contributed by atoms with E-state index in [1.165, 1.54) is 17.8 Å². The highest BCUT2D eigenvalue weighted by molar-refractivity contribution is 6.74. The van der Waals surface area contributed by atoms with Crippen molar-refractivity contribution in [1.29, 1.82) is 0 Å². The van der Waals surface area contributed by atoms with E-state index in [-0.39, 0.29) is 22.0 Å². The lowest BCUT2D eigenvalue weighted by atomic mass is 9.98. The minimum Gasteiger partial charge on any atom is -0.443 e. The fourth-order valence-electron chi connectivity index (χ4n) is 4.16. The molecule has 244 valence electrons. The molecule has 0 radical (unpaired) electrons. The van der Waals surface area contributed by atoms with Crippen molar-refractivity contribution in [1.82, 2.24) is 19.5 Å². The standard InChI is InChI=1S/C27H43FN8O7Si/c1-24(2,3)41-22(38)36(23(39)42-25(4,5)6)21-31-18(33-34-29)16-19(32-21)35(14-30-16)20-27(10,28)17(15(13-37)40-20)43-44(11,12)26(7,8)9/h14-15,17,20,37H,13H2,1-12H3/t15-,17-,20-,27-/m1/s1.